The van der Waals surface area contributed by atoms with Gasteiger partial charge in [-0.15, -0.1) is 0 Å². The molecule has 1 fully saturated rings. The van der Waals surface area contributed by atoms with Crippen LogP contribution < -0.4 is 5.84 Å². The molecule has 2 rings (SSSR count). The van der Waals surface area contributed by atoms with Gasteiger partial charge in [-0.3, -0.25) is 5.01 Å². The van der Waals surface area contributed by atoms with Crippen molar-refractivity contribution in [1.29, 1.82) is 0 Å². The summed E-state index contributed by atoms with van der Waals surface area (Å²) in [5.41, 5.74) is 0.593. The Morgan fingerprint density at radius 1 is 1.41 bits per heavy atom. The van der Waals surface area contributed by atoms with Crippen molar-refractivity contribution in [2.75, 3.05) is 13.1 Å². The van der Waals surface area contributed by atoms with Gasteiger partial charge in [-0.2, -0.15) is 0 Å². The van der Waals surface area contributed by atoms with Gasteiger partial charge in [0.2, 0.25) is 0 Å². The number of urea groups is 1. The Bertz CT molecular complexity index is 441. The van der Waals surface area contributed by atoms with Crippen LogP contribution in [0.15, 0.2) is 18.2 Å². The maximum absolute atomic E-state index is 13.2. The van der Waals surface area contributed by atoms with Crippen molar-refractivity contribution in [2.24, 2.45) is 5.84 Å². The number of carbonyl (C=O) groups is 1. The molecule has 6 heteroatoms. The number of carbonyl (C=O) groups excluding carboxylic acids is 1. The van der Waals surface area contributed by atoms with E-state index in [4.69, 9.17) is 17.4 Å². The highest BCUT2D eigenvalue weighted by Gasteiger charge is 2.24. The van der Waals surface area contributed by atoms with Gasteiger partial charge in [0.05, 0.1) is 5.02 Å². The van der Waals surface area contributed by atoms with Gasteiger partial charge in [-0.1, -0.05) is 23.7 Å². The highest BCUT2D eigenvalue weighted by atomic mass is 35.5. The molecule has 0 saturated carbocycles. The van der Waals surface area contributed by atoms with Crippen molar-refractivity contribution in [2.45, 2.75) is 13.0 Å². The van der Waals surface area contributed by atoms with Crippen LogP contribution in [-0.4, -0.2) is 29.0 Å². The van der Waals surface area contributed by atoms with E-state index < -0.39 is 5.82 Å². The molecule has 0 aliphatic carbocycles. The number of benzene rings is 1. The van der Waals surface area contributed by atoms with E-state index in [-0.39, 0.29) is 17.6 Å². The van der Waals surface area contributed by atoms with Crippen molar-refractivity contribution in [3.63, 3.8) is 0 Å². The van der Waals surface area contributed by atoms with Gasteiger partial charge in [-0.05, 0) is 18.1 Å². The minimum absolute atomic E-state index is 0.0643. The molecule has 1 heterocycles. The lowest BCUT2D eigenvalue weighted by Gasteiger charge is -2.32. The summed E-state index contributed by atoms with van der Waals surface area (Å²) in [6, 6.07) is 4.31. The highest BCUT2D eigenvalue weighted by Crippen LogP contribution is 2.22. The second-order valence-corrected chi connectivity index (χ2v) is 4.34. The summed E-state index contributed by atoms with van der Waals surface area (Å²) < 4.78 is 13.2. The largest absolute Gasteiger partial charge is 0.334 e. The molecule has 0 radical (unpaired) electrons. The SMILES string of the molecule is NN1CCCN(Cc2cccc(F)c2Cl)C1=O. The molecule has 1 aromatic rings. The fourth-order valence-corrected chi connectivity index (χ4v) is 2.01. The first-order valence-corrected chi connectivity index (χ1v) is 5.71. The number of nitrogens with zero attached hydrogens (tertiary/aromatic N) is 2. The summed E-state index contributed by atoms with van der Waals surface area (Å²) in [5.74, 6) is 5.05. The molecule has 1 aliphatic rings. The molecular formula is C11H13ClFN3O. The van der Waals surface area contributed by atoms with Crippen molar-refractivity contribution in [1.82, 2.24) is 9.91 Å². The normalized spacial score (nSPS) is 16.5. The van der Waals surface area contributed by atoms with Crippen LogP contribution in [0.2, 0.25) is 5.02 Å². The standard InChI is InChI=1S/C11H13ClFN3O/c12-10-8(3-1-4-9(10)13)7-15-5-2-6-16(14)11(15)17/h1,3-4H,2,5-7,14H2. The second-order valence-electron chi connectivity index (χ2n) is 3.96. The first kappa shape index (κ1) is 12.1. The van der Waals surface area contributed by atoms with Crippen LogP contribution >= 0.6 is 11.6 Å². The van der Waals surface area contributed by atoms with Gasteiger partial charge in [0.25, 0.3) is 0 Å². The molecule has 0 unspecified atom stereocenters. The van der Waals surface area contributed by atoms with Gasteiger partial charge in [-0.25, -0.2) is 15.0 Å². The first-order chi connectivity index (χ1) is 8.09. The smallest absolute Gasteiger partial charge is 0.319 e. The number of hydrazine groups is 1. The van der Waals surface area contributed by atoms with Gasteiger partial charge in [0.1, 0.15) is 5.82 Å². The molecule has 0 aromatic heterocycles. The minimum atomic E-state index is -0.474. The summed E-state index contributed by atoms with van der Waals surface area (Å²) in [5, 5.41) is 1.23. The topological polar surface area (TPSA) is 49.6 Å². The lowest BCUT2D eigenvalue weighted by atomic mass is 10.2. The predicted molar refractivity (Wildman–Crippen MR) is 62.7 cm³/mol. The number of halogens is 2. The molecule has 4 nitrogen and oxygen atoms in total. The fraction of sp³-hybridized carbons (Fsp3) is 0.364. The zero-order chi connectivity index (χ0) is 12.4. The fourth-order valence-electron chi connectivity index (χ4n) is 1.83. The van der Waals surface area contributed by atoms with Crippen molar-refractivity contribution >= 4 is 17.6 Å². The van der Waals surface area contributed by atoms with Crippen LogP contribution in [0.25, 0.3) is 0 Å². The van der Waals surface area contributed by atoms with Crippen LogP contribution in [0.4, 0.5) is 9.18 Å². The molecule has 2 N–H and O–H groups in total. The molecule has 1 aromatic carbocycles. The van der Waals surface area contributed by atoms with E-state index in [9.17, 15) is 9.18 Å². The number of hydrogen-bond donors (Lipinski definition) is 1. The van der Waals surface area contributed by atoms with Crippen LogP contribution in [0, 0.1) is 5.82 Å². The third-order valence-electron chi connectivity index (χ3n) is 2.74. The van der Waals surface area contributed by atoms with E-state index >= 15 is 0 Å². The average Bonchev–Trinajstić information content (AvgIpc) is 2.31. The number of nitrogens with two attached hydrogens (primary N) is 1. The van der Waals surface area contributed by atoms with E-state index in [0.717, 1.165) is 11.4 Å². The van der Waals surface area contributed by atoms with Crippen LogP contribution in [0.5, 0.6) is 0 Å². The average molecular weight is 258 g/mol. The van der Waals surface area contributed by atoms with Crippen molar-refractivity contribution < 1.29 is 9.18 Å². The molecule has 0 bridgehead atoms. The molecule has 1 aliphatic heterocycles. The Morgan fingerprint density at radius 2 is 2.18 bits per heavy atom. The Balaban J connectivity index is 2.15. The third-order valence-corrected chi connectivity index (χ3v) is 3.16. The lowest BCUT2D eigenvalue weighted by molar-refractivity contribution is 0.127. The molecular weight excluding hydrogens is 245 g/mol. The third kappa shape index (κ3) is 2.50. The van der Waals surface area contributed by atoms with E-state index in [2.05, 4.69) is 0 Å². The molecule has 17 heavy (non-hydrogen) atoms. The van der Waals surface area contributed by atoms with Crippen LogP contribution in [-0.2, 0) is 6.54 Å². The first-order valence-electron chi connectivity index (χ1n) is 5.33. The van der Waals surface area contributed by atoms with E-state index in [0.29, 0.717) is 18.7 Å². The van der Waals surface area contributed by atoms with Gasteiger partial charge in [0, 0.05) is 19.6 Å². The Hall–Kier alpha value is -1.33. The molecule has 1 saturated heterocycles. The monoisotopic (exact) mass is 257 g/mol. The molecule has 0 atom stereocenters. The summed E-state index contributed by atoms with van der Waals surface area (Å²) in [7, 11) is 0. The summed E-state index contributed by atoms with van der Waals surface area (Å²) >= 11 is 5.84. The maximum Gasteiger partial charge on any atom is 0.334 e. The lowest BCUT2D eigenvalue weighted by Crippen LogP contribution is -2.52. The van der Waals surface area contributed by atoms with Crippen LogP contribution in [0.3, 0.4) is 0 Å². The number of hydrogen-bond acceptors (Lipinski definition) is 2. The van der Waals surface area contributed by atoms with E-state index in [1.165, 1.54) is 6.07 Å². The predicted octanol–water partition coefficient (Wildman–Crippen LogP) is 1.98. The van der Waals surface area contributed by atoms with Crippen molar-refractivity contribution in [3.8, 4) is 0 Å². The van der Waals surface area contributed by atoms with Gasteiger partial charge < -0.3 is 4.90 Å². The number of amides is 2. The molecule has 0 spiro atoms. The van der Waals surface area contributed by atoms with E-state index in [1.807, 2.05) is 0 Å². The molecule has 92 valence electrons. The highest BCUT2D eigenvalue weighted by molar-refractivity contribution is 6.31. The summed E-state index contributed by atoms with van der Waals surface area (Å²) in [6.07, 6.45) is 0.801. The van der Waals surface area contributed by atoms with Gasteiger partial charge in [0.15, 0.2) is 0 Å². The second kappa shape index (κ2) is 4.89. The summed E-state index contributed by atoms with van der Waals surface area (Å²) in [6.45, 7) is 1.44. The van der Waals surface area contributed by atoms with Gasteiger partial charge >= 0.3 is 6.03 Å². The zero-order valence-electron chi connectivity index (χ0n) is 9.20. The maximum atomic E-state index is 13.2. The van der Waals surface area contributed by atoms with Crippen LogP contribution in [0.1, 0.15) is 12.0 Å². The quantitative estimate of drug-likeness (QED) is 0.651. The summed E-state index contributed by atoms with van der Waals surface area (Å²) in [4.78, 5) is 13.3. The van der Waals surface area contributed by atoms with Crippen molar-refractivity contribution in [3.05, 3.63) is 34.6 Å². The minimum Gasteiger partial charge on any atom is -0.319 e. The molecule has 2 amide bonds. The Labute approximate surface area is 104 Å². The van der Waals surface area contributed by atoms with E-state index in [1.54, 1.807) is 17.0 Å². The Kier molecular flexibility index (Phi) is 3.49. The number of rotatable bonds is 2. The Morgan fingerprint density at radius 3 is 2.94 bits per heavy atom. The zero-order valence-corrected chi connectivity index (χ0v) is 9.95.